The van der Waals surface area contributed by atoms with Crippen molar-refractivity contribution in [2.45, 2.75) is 23.2 Å². The molecule has 0 spiro atoms. The summed E-state index contributed by atoms with van der Waals surface area (Å²) < 4.78 is 39.3. The predicted molar refractivity (Wildman–Crippen MR) is 81.6 cm³/mol. The number of halogens is 4. The van der Waals surface area contributed by atoms with Gasteiger partial charge in [-0.15, -0.1) is 11.8 Å². The molecule has 0 amide bonds. The average Bonchev–Trinajstić information content (AvgIpc) is 2.46. The minimum Gasteiger partial charge on any atom is -0.358 e. The number of nitrogens with zero attached hydrogens (tertiary/aromatic N) is 2. The van der Waals surface area contributed by atoms with Crippen molar-refractivity contribution >= 4 is 29.2 Å². The fourth-order valence-corrected chi connectivity index (χ4v) is 3.27. The standard InChI is InChI=1S/C14H10ClF3N2O2S/c1-8(23-12-3-2-6-19-13(12)20(21)22)10-7-9(15)4-5-11(10)14(16,17)18/h2-8H,1H3. The third-order valence-electron chi connectivity index (χ3n) is 2.98. The molecular weight excluding hydrogens is 353 g/mol. The largest absolute Gasteiger partial charge is 0.416 e. The van der Waals surface area contributed by atoms with Crippen molar-refractivity contribution in [3.63, 3.8) is 0 Å². The number of thioether (sulfide) groups is 1. The van der Waals surface area contributed by atoms with E-state index in [-0.39, 0.29) is 21.3 Å². The zero-order valence-electron chi connectivity index (χ0n) is 11.7. The van der Waals surface area contributed by atoms with Crippen LogP contribution in [0, 0.1) is 10.1 Å². The minimum atomic E-state index is -4.53. The van der Waals surface area contributed by atoms with Gasteiger partial charge in [-0.3, -0.25) is 0 Å². The van der Waals surface area contributed by atoms with E-state index in [4.69, 9.17) is 11.6 Å². The molecule has 0 aliphatic carbocycles. The number of alkyl halides is 3. The Morgan fingerprint density at radius 2 is 2.04 bits per heavy atom. The molecule has 0 radical (unpaired) electrons. The van der Waals surface area contributed by atoms with Crippen LogP contribution in [0.2, 0.25) is 5.02 Å². The Labute approximate surface area is 138 Å². The van der Waals surface area contributed by atoms with E-state index in [2.05, 4.69) is 4.98 Å². The van der Waals surface area contributed by atoms with Crippen LogP contribution < -0.4 is 0 Å². The first-order valence-electron chi connectivity index (χ1n) is 6.33. The van der Waals surface area contributed by atoms with Gasteiger partial charge in [0.05, 0.1) is 5.56 Å². The summed E-state index contributed by atoms with van der Waals surface area (Å²) in [5.74, 6) is -0.389. The van der Waals surface area contributed by atoms with Gasteiger partial charge in [-0.2, -0.15) is 13.2 Å². The van der Waals surface area contributed by atoms with Crippen LogP contribution in [0.15, 0.2) is 41.4 Å². The summed E-state index contributed by atoms with van der Waals surface area (Å²) >= 11 is 6.73. The Kier molecular flexibility index (Phi) is 5.16. The number of hydrogen-bond acceptors (Lipinski definition) is 4. The Balaban J connectivity index is 2.41. The third kappa shape index (κ3) is 4.14. The molecule has 0 saturated heterocycles. The van der Waals surface area contributed by atoms with Crippen LogP contribution in [0.5, 0.6) is 0 Å². The number of pyridine rings is 1. The predicted octanol–water partition coefficient (Wildman–Crippen LogP) is 5.52. The van der Waals surface area contributed by atoms with Crippen LogP contribution in [-0.4, -0.2) is 9.91 Å². The van der Waals surface area contributed by atoms with Gasteiger partial charge in [0, 0.05) is 10.3 Å². The Morgan fingerprint density at radius 3 is 2.65 bits per heavy atom. The monoisotopic (exact) mass is 362 g/mol. The molecule has 4 nitrogen and oxygen atoms in total. The van der Waals surface area contributed by atoms with Crippen molar-refractivity contribution in [1.29, 1.82) is 0 Å². The topological polar surface area (TPSA) is 56.0 Å². The van der Waals surface area contributed by atoms with E-state index >= 15 is 0 Å². The lowest BCUT2D eigenvalue weighted by atomic mass is 10.0. The second-order valence-electron chi connectivity index (χ2n) is 4.57. The molecule has 0 aliphatic heterocycles. The number of nitro groups is 1. The molecule has 0 saturated carbocycles. The highest BCUT2D eigenvalue weighted by molar-refractivity contribution is 7.99. The summed E-state index contributed by atoms with van der Waals surface area (Å²) in [6, 6.07) is 6.24. The minimum absolute atomic E-state index is 0.0341. The lowest BCUT2D eigenvalue weighted by Gasteiger charge is -2.18. The molecule has 2 aromatic rings. The highest BCUT2D eigenvalue weighted by Gasteiger charge is 2.35. The van der Waals surface area contributed by atoms with Crippen molar-refractivity contribution < 1.29 is 18.1 Å². The van der Waals surface area contributed by atoms with Crippen LogP contribution in [0.25, 0.3) is 0 Å². The SMILES string of the molecule is CC(Sc1cccnc1[N+](=O)[O-])c1cc(Cl)ccc1C(F)(F)F. The van der Waals surface area contributed by atoms with E-state index in [1.54, 1.807) is 0 Å². The fraction of sp³-hybridized carbons (Fsp3) is 0.214. The van der Waals surface area contributed by atoms with Crippen molar-refractivity contribution in [3.05, 3.63) is 62.8 Å². The first-order valence-corrected chi connectivity index (χ1v) is 7.58. The van der Waals surface area contributed by atoms with Crippen molar-refractivity contribution in [1.82, 2.24) is 4.98 Å². The Bertz CT molecular complexity index is 740. The normalized spacial score (nSPS) is 12.9. The van der Waals surface area contributed by atoms with Gasteiger partial charge >= 0.3 is 12.0 Å². The summed E-state index contributed by atoms with van der Waals surface area (Å²) in [4.78, 5) is 14.1. The van der Waals surface area contributed by atoms with E-state index in [0.717, 1.165) is 23.9 Å². The molecule has 0 fully saturated rings. The molecule has 1 atom stereocenters. The molecular formula is C14H10ClF3N2O2S. The van der Waals surface area contributed by atoms with Gasteiger partial charge in [0.1, 0.15) is 11.1 Å². The zero-order valence-corrected chi connectivity index (χ0v) is 13.2. The molecule has 2 rings (SSSR count). The van der Waals surface area contributed by atoms with E-state index in [1.165, 1.54) is 31.3 Å². The summed E-state index contributed by atoms with van der Waals surface area (Å²) in [6.45, 7) is 1.53. The van der Waals surface area contributed by atoms with E-state index in [9.17, 15) is 23.3 Å². The molecule has 0 bridgehead atoms. The molecule has 0 N–H and O–H groups in total. The van der Waals surface area contributed by atoms with Gasteiger partial charge in [0.25, 0.3) is 0 Å². The maximum Gasteiger partial charge on any atom is 0.416 e. The van der Waals surface area contributed by atoms with Crippen LogP contribution >= 0.6 is 23.4 Å². The first-order chi connectivity index (χ1) is 10.7. The molecule has 9 heteroatoms. The number of rotatable bonds is 4. The van der Waals surface area contributed by atoms with Crippen LogP contribution in [0.3, 0.4) is 0 Å². The lowest BCUT2D eigenvalue weighted by molar-refractivity contribution is -0.392. The van der Waals surface area contributed by atoms with Gasteiger partial charge in [0.2, 0.25) is 0 Å². The van der Waals surface area contributed by atoms with Crippen molar-refractivity contribution in [3.8, 4) is 0 Å². The Hall–Kier alpha value is -1.80. The van der Waals surface area contributed by atoms with E-state index < -0.39 is 21.9 Å². The second-order valence-corrected chi connectivity index (χ2v) is 6.39. The molecule has 122 valence electrons. The van der Waals surface area contributed by atoms with Gasteiger partial charge in [0.15, 0.2) is 0 Å². The average molecular weight is 363 g/mol. The van der Waals surface area contributed by atoms with Gasteiger partial charge in [-0.05, 0) is 52.7 Å². The molecule has 1 heterocycles. The van der Waals surface area contributed by atoms with Gasteiger partial charge in [-0.1, -0.05) is 11.6 Å². The first kappa shape index (κ1) is 17.6. The lowest BCUT2D eigenvalue weighted by Crippen LogP contribution is -2.10. The van der Waals surface area contributed by atoms with E-state index in [1.807, 2.05) is 0 Å². The zero-order chi connectivity index (χ0) is 17.2. The van der Waals surface area contributed by atoms with Crippen LogP contribution in [0.4, 0.5) is 19.0 Å². The summed E-state index contributed by atoms with van der Waals surface area (Å²) in [5, 5.41) is 10.4. The van der Waals surface area contributed by atoms with Crippen molar-refractivity contribution in [2.75, 3.05) is 0 Å². The highest BCUT2D eigenvalue weighted by Crippen LogP contribution is 2.44. The summed E-state index contributed by atoms with van der Waals surface area (Å²) in [5.41, 5.74) is -0.846. The molecule has 0 aliphatic rings. The van der Waals surface area contributed by atoms with Crippen molar-refractivity contribution in [2.24, 2.45) is 0 Å². The number of hydrogen-bond donors (Lipinski definition) is 0. The fourth-order valence-electron chi connectivity index (χ4n) is 1.99. The van der Waals surface area contributed by atoms with Crippen LogP contribution in [-0.2, 0) is 6.18 Å². The van der Waals surface area contributed by atoms with Crippen LogP contribution in [0.1, 0.15) is 23.3 Å². The molecule has 23 heavy (non-hydrogen) atoms. The van der Waals surface area contributed by atoms with E-state index in [0.29, 0.717) is 0 Å². The molecule has 1 aromatic heterocycles. The third-order valence-corrected chi connectivity index (χ3v) is 4.40. The Morgan fingerprint density at radius 1 is 1.35 bits per heavy atom. The van der Waals surface area contributed by atoms with Gasteiger partial charge < -0.3 is 10.1 Å². The van der Waals surface area contributed by atoms with Gasteiger partial charge in [-0.25, -0.2) is 0 Å². The summed E-state index contributed by atoms with van der Waals surface area (Å²) in [7, 11) is 0. The number of aromatic nitrogens is 1. The maximum absolute atomic E-state index is 13.1. The summed E-state index contributed by atoms with van der Waals surface area (Å²) in [6.07, 6.45) is -3.27. The maximum atomic E-state index is 13.1. The number of benzene rings is 1. The quantitative estimate of drug-likeness (QED) is 0.408. The molecule has 1 unspecified atom stereocenters. The smallest absolute Gasteiger partial charge is 0.358 e. The highest BCUT2D eigenvalue weighted by atomic mass is 35.5. The second kappa shape index (κ2) is 6.76. The molecule has 1 aromatic carbocycles.